The van der Waals surface area contributed by atoms with E-state index in [1.54, 1.807) is 0 Å². The predicted octanol–water partition coefficient (Wildman–Crippen LogP) is 0.482. The zero-order valence-corrected chi connectivity index (χ0v) is 9.89. The summed E-state index contributed by atoms with van der Waals surface area (Å²) in [5.41, 5.74) is 6.00. The number of hydrogen-bond acceptors (Lipinski definition) is 5. The first-order valence-corrected chi connectivity index (χ1v) is 5.79. The number of hydrogen-bond donors (Lipinski definition) is 2. The maximum Gasteiger partial charge on any atom is 0.244 e. The van der Waals surface area contributed by atoms with E-state index in [1.165, 1.54) is 12.4 Å². The number of amides is 1. The van der Waals surface area contributed by atoms with Crippen LogP contribution in [0.1, 0.15) is 19.8 Å². The molecule has 1 aliphatic heterocycles. The lowest BCUT2D eigenvalue weighted by Crippen LogP contribution is -2.39. The topological polar surface area (TPSA) is 84.1 Å². The number of aromatic nitrogens is 2. The number of likely N-dealkylation sites (tertiary alicyclic amines) is 1. The zero-order valence-electron chi connectivity index (χ0n) is 9.89. The van der Waals surface area contributed by atoms with Crippen LogP contribution in [0.2, 0.25) is 0 Å². The molecule has 1 fully saturated rings. The molecule has 6 heteroatoms. The molecule has 1 aromatic heterocycles. The Bertz CT molecular complexity index is 385. The van der Waals surface area contributed by atoms with Crippen LogP contribution < -0.4 is 11.1 Å². The summed E-state index contributed by atoms with van der Waals surface area (Å²) in [6, 6.07) is -0.309. The van der Waals surface area contributed by atoms with Crippen LogP contribution >= 0.6 is 0 Å². The van der Waals surface area contributed by atoms with Gasteiger partial charge in [0.15, 0.2) is 0 Å². The van der Waals surface area contributed by atoms with E-state index >= 15 is 0 Å². The summed E-state index contributed by atoms with van der Waals surface area (Å²) in [5.74, 6) is 0.530. The van der Waals surface area contributed by atoms with Crippen molar-refractivity contribution in [2.24, 2.45) is 0 Å². The van der Waals surface area contributed by atoms with Gasteiger partial charge in [0.25, 0.3) is 0 Å². The maximum atomic E-state index is 12.0. The number of nitrogens with one attached hydrogen (secondary N) is 1. The Morgan fingerprint density at radius 2 is 2.00 bits per heavy atom. The molecule has 0 saturated carbocycles. The second kappa shape index (κ2) is 4.99. The Balaban J connectivity index is 1.93. The largest absolute Gasteiger partial charge is 0.396 e. The van der Waals surface area contributed by atoms with Gasteiger partial charge in [0, 0.05) is 13.1 Å². The fourth-order valence-corrected chi connectivity index (χ4v) is 1.88. The van der Waals surface area contributed by atoms with E-state index in [9.17, 15) is 4.79 Å². The van der Waals surface area contributed by atoms with E-state index in [0.717, 1.165) is 25.9 Å². The number of carbonyl (C=O) groups is 1. The lowest BCUT2D eigenvalue weighted by Gasteiger charge is -2.20. The Kier molecular flexibility index (Phi) is 3.41. The van der Waals surface area contributed by atoms with Gasteiger partial charge in [0.05, 0.1) is 18.1 Å². The molecule has 1 aliphatic rings. The second-order valence-corrected chi connectivity index (χ2v) is 4.24. The normalized spacial score (nSPS) is 16.9. The summed E-state index contributed by atoms with van der Waals surface area (Å²) in [4.78, 5) is 21.9. The number of carbonyl (C=O) groups excluding carboxylic acids is 1. The van der Waals surface area contributed by atoms with E-state index in [2.05, 4.69) is 15.3 Å². The molecule has 0 spiro atoms. The molecule has 6 nitrogen and oxygen atoms in total. The Morgan fingerprint density at radius 3 is 2.59 bits per heavy atom. The van der Waals surface area contributed by atoms with Crippen LogP contribution in [0.3, 0.4) is 0 Å². The molecule has 1 saturated heterocycles. The molecule has 0 radical (unpaired) electrons. The summed E-state index contributed by atoms with van der Waals surface area (Å²) in [5, 5.41) is 2.98. The fraction of sp³-hybridized carbons (Fsp3) is 0.545. The van der Waals surface area contributed by atoms with Crippen molar-refractivity contribution in [1.82, 2.24) is 14.9 Å². The highest BCUT2D eigenvalue weighted by Gasteiger charge is 2.23. The van der Waals surface area contributed by atoms with Crippen molar-refractivity contribution in [1.29, 1.82) is 0 Å². The molecular weight excluding hydrogens is 218 g/mol. The monoisotopic (exact) mass is 235 g/mol. The van der Waals surface area contributed by atoms with Gasteiger partial charge in [0.1, 0.15) is 6.04 Å². The number of nitrogens with two attached hydrogens (primary N) is 1. The zero-order chi connectivity index (χ0) is 12.3. The van der Waals surface area contributed by atoms with Gasteiger partial charge in [-0.3, -0.25) is 4.79 Å². The Labute approximate surface area is 100 Å². The average molecular weight is 235 g/mol. The van der Waals surface area contributed by atoms with Crippen LogP contribution in [-0.2, 0) is 4.79 Å². The van der Waals surface area contributed by atoms with Crippen LogP contribution in [0.5, 0.6) is 0 Å². The maximum absolute atomic E-state index is 12.0. The van der Waals surface area contributed by atoms with Crippen molar-refractivity contribution in [2.45, 2.75) is 25.8 Å². The van der Waals surface area contributed by atoms with Crippen LogP contribution in [0.15, 0.2) is 12.4 Å². The summed E-state index contributed by atoms with van der Waals surface area (Å²) < 4.78 is 0. The molecule has 2 heterocycles. The van der Waals surface area contributed by atoms with E-state index in [4.69, 9.17) is 5.73 Å². The second-order valence-electron chi connectivity index (χ2n) is 4.24. The average Bonchev–Trinajstić information content (AvgIpc) is 2.84. The highest BCUT2D eigenvalue weighted by molar-refractivity contribution is 5.84. The van der Waals surface area contributed by atoms with E-state index < -0.39 is 0 Å². The van der Waals surface area contributed by atoms with Crippen molar-refractivity contribution >= 4 is 17.5 Å². The van der Waals surface area contributed by atoms with Crippen LogP contribution in [0.25, 0.3) is 0 Å². The SMILES string of the molecule is CC(Nc1ncc(N)cn1)C(=O)N1CCCC1. The smallest absolute Gasteiger partial charge is 0.244 e. The van der Waals surface area contributed by atoms with Crippen molar-refractivity contribution < 1.29 is 4.79 Å². The summed E-state index contributed by atoms with van der Waals surface area (Å²) in [7, 11) is 0. The fourth-order valence-electron chi connectivity index (χ4n) is 1.88. The molecule has 0 aliphatic carbocycles. The summed E-state index contributed by atoms with van der Waals surface area (Å²) in [6.45, 7) is 3.53. The quantitative estimate of drug-likeness (QED) is 0.796. The molecule has 0 bridgehead atoms. The highest BCUT2D eigenvalue weighted by Crippen LogP contribution is 2.11. The van der Waals surface area contributed by atoms with E-state index in [1.807, 2.05) is 11.8 Å². The number of nitrogen functional groups attached to an aromatic ring is 1. The molecule has 0 aromatic carbocycles. The van der Waals surface area contributed by atoms with Gasteiger partial charge in [0.2, 0.25) is 11.9 Å². The lowest BCUT2D eigenvalue weighted by atomic mass is 10.3. The minimum Gasteiger partial charge on any atom is -0.396 e. The standard InChI is InChI=1S/C11H17N5O/c1-8(10(17)16-4-2-3-5-16)15-11-13-6-9(12)7-14-11/h6-8H,2-5,12H2,1H3,(H,13,14,15). The van der Waals surface area contributed by atoms with Crippen molar-refractivity contribution in [2.75, 3.05) is 24.1 Å². The lowest BCUT2D eigenvalue weighted by molar-refractivity contribution is -0.130. The van der Waals surface area contributed by atoms with E-state index in [-0.39, 0.29) is 11.9 Å². The van der Waals surface area contributed by atoms with Gasteiger partial charge in [-0.1, -0.05) is 0 Å². The number of nitrogens with zero attached hydrogens (tertiary/aromatic N) is 3. The van der Waals surface area contributed by atoms with Gasteiger partial charge in [-0.2, -0.15) is 0 Å². The van der Waals surface area contributed by atoms with Gasteiger partial charge < -0.3 is 16.0 Å². The third-order valence-electron chi connectivity index (χ3n) is 2.81. The molecule has 92 valence electrons. The first kappa shape index (κ1) is 11.6. The highest BCUT2D eigenvalue weighted by atomic mass is 16.2. The van der Waals surface area contributed by atoms with Crippen molar-refractivity contribution in [3.05, 3.63) is 12.4 Å². The molecule has 1 unspecified atom stereocenters. The minimum atomic E-state index is -0.309. The predicted molar refractivity (Wildman–Crippen MR) is 65.3 cm³/mol. The first-order chi connectivity index (χ1) is 8.16. The molecule has 1 amide bonds. The van der Waals surface area contributed by atoms with Gasteiger partial charge >= 0.3 is 0 Å². The van der Waals surface area contributed by atoms with Gasteiger partial charge in [-0.05, 0) is 19.8 Å². The van der Waals surface area contributed by atoms with Crippen LogP contribution in [-0.4, -0.2) is 39.9 Å². The molecule has 1 aromatic rings. The number of rotatable bonds is 3. The van der Waals surface area contributed by atoms with E-state index in [0.29, 0.717) is 11.6 Å². The molecule has 3 N–H and O–H groups in total. The molecule has 1 atom stereocenters. The number of anilines is 2. The molecule has 2 rings (SSSR count). The van der Waals surface area contributed by atoms with Crippen molar-refractivity contribution in [3.63, 3.8) is 0 Å². The third kappa shape index (κ3) is 2.83. The van der Waals surface area contributed by atoms with Gasteiger partial charge in [-0.15, -0.1) is 0 Å². The van der Waals surface area contributed by atoms with Gasteiger partial charge in [-0.25, -0.2) is 9.97 Å². The summed E-state index contributed by atoms with van der Waals surface area (Å²) in [6.07, 6.45) is 5.22. The summed E-state index contributed by atoms with van der Waals surface area (Å²) >= 11 is 0. The van der Waals surface area contributed by atoms with Crippen molar-refractivity contribution in [3.8, 4) is 0 Å². The third-order valence-corrected chi connectivity index (χ3v) is 2.81. The van der Waals surface area contributed by atoms with Crippen LogP contribution in [0, 0.1) is 0 Å². The molecule has 17 heavy (non-hydrogen) atoms. The van der Waals surface area contributed by atoms with Crippen LogP contribution in [0.4, 0.5) is 11.6 Å². The first-order valence-electron chi connectivity index (χ1n) is 5.79. The Hall–Kier alpha value is -1.85. The minimum absolute atomic E-state index is 0.0999. The Morgan fingerprint density at radius 1 is 1.41 bits per heavy atom. The molecular formula is C11H17N5O.